The first-order valence-electron chi connectivity index (χ1n) is 14.9. The van der Waals surface area contributed by atoms with Crippen LogP contribution in [0.3, 0.4) is 0 Å². The Hall–Kier alpha value is -3.70. The summed E-state index contributed by atoms with van der Waals surface area (Å²) in [7, 11) is 0. The minimum atomic E-state index is -0.686. The molecule has 0 aromatic heterocycles. The predicted molar refractivity (Wildman–Crippen MR) is 161 cm³/mol. The predicted octanol–water partition coefficient (Wildman–Crippen LogP) is 5.91. The quantitative estimate of drug-likeness (QED) is 0.330. The summed E-state index contributed by atoms with van der Waals surface area (Å²) in [6.45, 7) is 6.45. The van der Waals surface area contributed by atoms with Crippen LogP contribution in [0.5, 0.6) is 0 Å². The van der Waals surface area contributed by atoms with Crippen molar-refractivity contribution in [1.29, 1.82) is 0 Å². The van der Waals surface area contributed by atoms with Crippen molar-refractivity contribution in [2.75, 3.05) is 26.2 Å². The Morgan fingerprint density at radius 3 is 2.58 bits per heavy atom. The van der Waals surface area contributed by atoms with Crippen LogP contribution < -0.4 is 5.32 Å². The Balaban J connectivity index is 1.14. The molecule has 5 heteroatoms. The van der Waals surface area contributed by atoms with Crippen LogP contribution in [0.15, 0.2) is 78.9 Å². The summed E-state index contributed by atoms with van der Waals surface area (Å²) < 4.78 is 0. The van der Waals surface area contributed by atoms with Gasteiger partial charge in [0.05, 0.1) is 0 Å². The standard InChI is InChI=1S/C35H39N3O2/c1-2-20-36-34(40)35(31-17-9-7-14-27(31)23-32(35)26-12-4-3-5-13-26)19-10-11-21-37-22-18-29(25-37)38-24-28-15-6-8-16-30(28)33(38)39/h3-9,12-17,23,29H,2,10-11,18-22,24-25H2,1H3,(H,36,40). The van der Waals surface area contributed by atoms with Crippen molar-refractivity contribution in [2.24, 2.45) is 0 Å². The van der Waals surface area contributed by atoms with Gasteiger partial charge in [-0.3, -0.25) is 9.59 Å². The molecule has 3 aromatic rings. The molecule has 5 nitrogen and oxygen atoms in total. The highest BCUT2D eigenvalue weighted by Gasteiger charge is 2.47. The molecule has 1 aliphatic carbocycles. The van der Waals surface area contributed by atoms with Crippen LogP contribution in [0.4, 0.5) is 0 Å². The van der Waals surface area contributed by atoms with Crippen LogP contribution in [0, 0.1) is 0 Å². The van der Waals surface area contributed by atoms with Gasteiger partial charge in [0, 0.05) is 37.8 Å². The normalized spacial score (nSPS) is 21.8. The number of unbranched alkanes of at least 4 members (excludes halogenated alkanes) is 1. The molecule has 206 valence electrons. The van der Waals surface area contributed by atoms with Crippen LogP contribution in [0.25, 0.3) is 11.6 Å². The molecule has 2 unspecified atom stereocenters. The molecule has 6 rings (SSSR count). The second-order valence-corrected chi connectivity index (χ2v) is 11.5. The molecule has 1 saturated heterocycles. The molecule has 3 aromatic carbocycles. The van der Waals surface area contributed by atoms with Crippen LogP contribution in [0.1, 0.15) is 71.6 Å². The van der Waals surface area contributed by atoms with E-state index in [9.17, 15) is 9.59 Å². The van der Waals surface area contributed by atoms with Gasteiger partial charge in [0.2, 0.25) is 5.91 Å². The van der Waals surface area contributed by atoms with E-state index in [1.807, 2.05) is 24.3 Å². The molecule has 1 fully saturated rings. The fourth-order valence-corrected chi connectivity index (χ4v) is 6.97. The van der Waals surface area contributed by atoms with E-state index in [-0.39, 0.29) is 17.9 Å². The fourth-order valence-electron chi connectivity index (χ4n) is 6.97. The van der Waals surface area contributed by atoms with Gasteiger partial charge >= 0.3 is 0 Å². The lowest BCUT2D eigenvalue weighted by molar-refractivity contribution is -0.125. The maximum atomic E-state index is 14.0. The average Bonchev–Trinajstić information content (AvgIpc) is 3.69. The molecule has 2 heterocycles. The molecular weight excluding hydrogens is 494 g/mol. The summed E-state index contributed by atoms with van der Waals surface area (Å²) in [5.41, 5.74) is 5.82. The van der Waals surface area contributed by atoms with Crippen molar-refractivity contribution in [2.45, 2.75) is 57.0 Å². The van der Waals surface area contributed by atoms with Gasteiger partial charge in [0.25, 0.3) is 5.91 Å². The molecule has 1 N–H and O–H groups in total. The number of hydrogen-bond acceptors (Lipinski definition) is 3. The van der Waals surface area contributed by atoms with E-state index in [1.165, 1.54) is 0 Å². The van der Waals surface area contributed by atoms with Crippen LogP contribution >= 0.6 is 0 Å². The summed E-state index contributed by atoms with van der Waals surface area (Å²) in [4.78, 5) is 31.6. The maximum absolute atomic E-state index is 14.0. The third-order valence-electron chi connectivity index (χ3n) is 9.00. The number of nitrogens with one attached hydrogen (secondary N) is 1. The van der Waals surface area contributed by atoms with Gasteiger partial charge in [-0.05, 0) is 72.2 Å². The monoisotopic (exact) mass is 533 g/mol. The lowest BCUT2D eigenvalue weighted by atomic mass is 9.70. The van der Waals surface area contributed by atoms with Gasteiger partial charge in [-0.2, -0.15) is 0 Å². The largest absolute Gasteiger partial charge is 0.355 e. The summed E-state index contributed by atoms with van der Waals surface area (Å²) in [6.07, 6.45) is 6.91. The third kappa shape index (κ3) is 4.77. The second-order valence-electron chi connectivity index (χ2n) is 11.5. The average molecular weight is 534 g/mol. The number of likely N-dealkylation sites (tertiary alicyclic amines) is 1. The Labute approximate surface area is 237 Å². The summed E-state index contributed by atoms with van der Waals surface area (Å²) in [5, 5.41) is 3.26. The number of hydrogen-bond donors (Lipinski definition) is 1. The van der Waals surface area contributed by atoms with Crippen molar-refractivity contribution in [1.82, 2.24) is 15.1 Å². The minimum absolute atomic E-state index is 0.114. The molecule has 40 heavy (non-hydrogen) atoms. The van der Waals surface area contributed by atoms with Crippen molar-refractivity contribution < 1.29 is 9.59 Å². The SMILES string of the molecule is CCCNC(=O)C1(CCCCN2CCC(N3Cc4ccccc4C3=O)C2)C(c2ccccc2)=Cc2ccccc21. The molecule has 2 atom stereocenters. The van der Waals surface area contributed by atoms with Gasteiger partial charge in [-0.15, -0.1) is 0 Å². The molecule has 2 aliphatic heterocycles. The number of amides is 2. The van der Waals surface area contributed by atoms with Gasteiger partial charge < -0.3 is 15.1 Å². The lowest BCUT2D eigenvalue weighted by Gasteiger charge is -2.33. The third-order valence-corrected chi connectivity index (χ3v) is 9.00. The van der Waals surface area contributed by atoms with E-state index < -0.39 is 5.41 Å². The molecule has 0 bridgehead atoms. The van der Waals surface area contributed by atoms with E-state index in [0.717, 1.165) is 91.7 Å². The van der Waals surface area contributed by atoms with Crippen molar-refractivity contribution in [3.05, 3.63) is 107 Å². The summed E-state index contributed by atoms with van der Waals surface area (Å²) in [6, 6.07) is 27.1. The van der Waals surface area contributed by atoms with E-state index >= 15 is 0 Å². The van der Waals surface area contributed by atoms with Crippen LogP contribution in [0.2, 0.25) is 0 Å². The van der Waals surface area contributed by atoms with Crippen molar-refractivity contribution >= 4 is 23.5 Å². The molecule has 3 aliphatic rings. The Morgan fingerprint density at radius 1 is 0.975 bits per heavy atom. The highest BCUT2D eigenvalue weighted by molar-refractivity contribution is 6.10. The van der Waals surface area contributed by atoms with Crippen LogP contribution in [-0.2, 0) is 16.8 Å². The van der Waals surface area contributed by atoms with E-state index in [0.29, 0.717) is 6.54 Å². The van der Waals surface area contributed by atoms with Crippen molar-refractivity contribution in [3.8, 4) is 0 Å². The highest BCUT2D eigenvalue weighted by atomic mass is 16.2. The van der Waals surface area contributed by atoms with Gasteiger partial charge in [0.1, 0.15) is 5.41 Å². The number of carbonyl (C=O) groups excluding carboxylic acids is 2. The second kappa shape index (κ2) is 11.4. The first kappa shape index (κ1) is 26.5. The molecular formula is C35H39N3O2. The molecule has 0 radical (unpaired) electrons. The maximum Gasteiger partial charge on any atom is 0.254 e. The van der Waals surface area contributed by atoms with E-state index in [1.54, 1.807) is 0 Å². The van der Waals surface area contributed by atoms with Gasteiger partial charge in [0.15, 0.2) is 0 Å². The zero-order chi connectivity index (χ0) is 27.5. The molecule has 2 amide bonds. The number of carbonyl (C=O) groups is 2. The van der Waals surface area contributed by atoms with Gasteiger partial charge in [-0.25, -0.2) is 0 Å². The summed E-state index contributed by atoms with van der Waals surface area (Å²) >= 11 is 0. The Kier molecular flexibility index (Phi) is 7.57. The topological polar surface area (TPSA) is 52.7 Å². The highest BCUT2D eigenvalue weighted by Crippen LogP contribution is 2.50. The Morgan fingerprint density at radius 2 is 1.75 bits per heavy atom. The Bertz CT molecular complexity index is 1410. The number of benzene rings is 3. The zero-order valence-electron chi connectivity index (χ0n) is 23.4. The zero-order valence-corrected chi connectivity index (χ0v) is 23.4. The number of nitrogens with zero attached hydrogens (tertiary/aromatic N) is 2. The smallest absolute Gasteiger partial charge is 0.254 e. The van der Waals surface area contributed by atoms with Crippen LogP contribution in [-0.4, -0.2) is 53.8 Å². The lowest BCUT2D eigenvalue weighted by Crippen LogP contribution is -2.44. The van der Waals surface area contributed by atoms with E-state index in [2.05, 4.69) is 82.7 Å². The first-order valence-corrected chi connectivity index (χ1v) is 14.9. The van der Waals surface area contributed by atoms with Crippen molar-refractivity contribution in [3.63, 3.8) is 0 Å². The minimum Gasteiger partial charge on any atom is -0.355 e. The fraction of sp³-hybridized carbons (Fsp3) is 0.371. The molecule has 0 spiro atoms. The number of fused-ring (bicyclic) bond motifs is 2. The molecule has 0 saturated carbocycles. The number of rotatable bonds is 10. The first-order chi connectivity index (χ1) is 19.6. The summed E-state index contributed by atoms with van der Waals surface area (Å²) in [5.74, 6) is 0.297. The van der Waals surface area contributed by atoms with Gasteiger partial charge in [-0.1, -0.05) is 86.1 Å². The van der Waals surface area contributed by atoms with E-state index in [4.69, 9.17) is 0 Å².